The molecule has 6 nitrogen and oxygen atoms in total. The number of ether oxygens (including phenoxy) is 3. The van der Waals surface area contributed by atoms with Crippen molar-refractivity contribution in [2.45, 2.75) is 393 Å². The molecule has 0 aromatic rings. The van der Waals surface area contributed by atoms with E-state index in [4.69, 9.17) is 14.2 Å². The summed E-state index contributed by atoms with van der Waals surface area (Å²) in [5, 5.41) is 0. The lowest BCUT2D eigenvalue weighted by atomic mass is 10.0. The van der Waals surface area contributed by atoms with Crippen LogP contribution < -0.4 is 0 Å². The summed E-state index contributed by atoms with van der Waals surface area (Å²) >= 11 is 0. The van der Waals surface area contributed by atoms with Crippen LogP contribution in [0.25, 0.3) is 0 Å². The van der Waals surface area contributed by atoms with Crippen LogP contribution in [-0.4, -0.2) is 37.2 Å². The summed E-state index contributed by atoms with van der Waals surface area (Å²) in [6.07, 6.45) is 75.3. The fourth-order valence-corrected chi connectivity index (χ4v) is 10.4. The number of hydrogen-bond donors (Lipinski definition) is 0. The molecule has 0 radical (unpaired) electrons. The van der Waals surface area contributed by atoms with Gasteiger partial charge >= 0.3 is 17.9 Å². The molecule has 0 saturated carbocycles. The average molecular weight is 1040 g/mol. The summed E-state index contributed by atoms with van der Waals surface area (Å²) in [5.74, 6) is -0.845. The molecule has 74 heavy (non-hydrogen) atoms. The van der Waals surface area contributed by atoms with Crippen molar-refractivity contribution in [3.63, 3.8) is 0 Å². The first kappa shape index (κ1) is 72.2. The lowest BCUT2D eigenvalue weighted by Gasteiger charge is -2.18. The third kappa shape index (κ3) is 61.0. The van der Waals surface area contributed by atoms with E-state index in [0.717, 1.165) is 64.2 Å². The normalized spacial score (nSPS) is 12.0. The van der Waals surface area contributed by atoms with Crippen molar-refractivity contribution in [2.75, 3.05) is 13.2 Å². The highest BCUT2D eigenvalue weighted by atomic mass is 16.6. The van der Waals surface area contributed by atoms with E-state index in [0.29, 0.717) is 19.3 Å². The minimum atomic E-state index is -0.769. The van der Waals surface area contributed by atoms with E-state index in [1.807, 2.05) is 0 Å². The molecule has 0 aromatic heterocycles. The van der Waals surface area contributed by atoms with Crippen LogP contribution in [0.15, 0.2) is 12.2 Å². The van der Waals surface area contributed by atoms with Crippen molar-refractivity contribution in [1.29, 1.82) is 0 Å². The topological polar surface area (TPSA) is 78.9 Å². The van der Waals surface area contributed by atoms with Gasteiger partial charge in [0.15, 0.2) is 6.10 Å². The Labute approximate surface area is 462 Å². The van der Waals surface area contributed by atoms with E-state index < -0.39 is 6.10 Å². The van der Waals surface area contributed by atoms with Gasteiger partial charge in [0, 0.05) is 19.3 Å². The van der Waals surface area contributed by atoms with Crippen LogP contribution in [0, 0.1) is 0 Å². The molecule has 0 spiro atoms. The average Bonchev–Trinajstić information content (AvgIpc) is 3.40. The number of unbranched alkanes of at least 4 members (excludes halogenated alkanes) is 50. The molecule has 0 aromatic carbocycles. The predicted molar refractivity (Wildman–Crippen MR) is 321 cm³/mol. The SMILES string of the molecule is CCCCC/C=C\CCCCCCCC(=O)OCC(COC(=O)CCCCCCCCCCCCCCCCCCCCCCCCCCCCC)OC(=O)CCCCCCCCCCCCCCCCCCC. The molecule has 438 valence electrons. The molecule has 0 amide bonds. The largest absolute Gasteiger partial charge is 0.462 e. The van der Waals surface area contributed by atoms with E-state index >= 15 is 0 Å². The number of carbonyl (C=O) groups is 3. The minimum absolute atomic E-state index is 0.0660. The number of esters is 3. The van der Waals surface area contributed by atoms with Gasteiger partial charge in [-0.3, -0.25) is 14.4 Å². The summed E-state index contributed by atoms with van der Waals surface area (Å²) in [6, 6.07) is 0. The zero-order valence-electron chi connectivity index (χ0n) is 50.4. The van der Waals surface area contributed by atoms with Crippen molar-refractivity contribution < 1.29 is 28.6 Å². The van der Waals surface area contributed by atoms with Gasteiger partial charge in [0.2, 0.25) is 0 Å². The maximum Gasteiger partial charge on any atom is 0.306 e. The Morgan fingerprint density at radius 2 is 0.446 bits per heavy atom. The second-order valence-corrected chi connectivity index (χ2v) is 23.1. The second kappa shape index (κ2) is 63.7. The van der Waals surface area contributed by atoms with E-state index in [-0.39, 0.29) is 31.1 Å². The molecular weight excluding hydrogens is 913 g/mol. The Balaban J connectivity index is 4.15. The summed E-state index contributed by atoms with van der Waals surface area (Å²) < 4.78 is 16.9. The molecule has 0 aliphatic rings. The summed E-state index contributed by atoms with van der Waals surface area (Å²) in [6.45, 7) is 6.69. The van der Waals surface area contributed by atoms with E-state index in [2.05, 4.69) is 32.9 Å². The Hall–Kier alpha value is -1.85. The molecule has 0 rings (SSSR count). The zero-order chi connectivity index (χ0) is 53.6. The van der Waals surface area contributed by atoms with Crippen LogP contribution in [0.4, 0.5) is 0 Å². The van der Waals surface area contributed by atoms with Gasteiger partial charge < -0.3 is 14.2 Å². The van der Waals surface area contributed by atoms with Crippen molar-refractivity contribution in [3.8, 4) is 0 Å². The Morgan fingerprint density at radius 1 is 0.257 bits per heavy atom. The first-order valence-electron chi connectivity index (χ1n) is 33.7. The summed E-state index contributed by atoms with van der Waals surface area (Å²) in [4.78, 5) is 38.3. The van der Waals surface area contributed by atoms with Gasteiger partial charge in [-0.05, 0) is 44.9 Å². The van der Waals surface area contributed by atoms with Crippen LogP contribution in [-0.2, 0) is 28.6 Å². The fraction of sp³-hybridized carbons (Fsp3) is 0.926. The molecule has 6 heteroatoms. The summed E-state index contributed by atoms with van der Waals surface area (Å²) in [7, 11) is 0. The van der Waals surface area contributed by atoms with Gasteiger partial charge in [0.25, 0.3) is 0 Å². The Bertz CT molecular complexity index is 1150. The van der Waals surface area contributed by atoms with Crippen molar-refractivity contribution in [1.82, 2.24) is 0 Å². The predicted octanol–water partition coefficient (Wildman–Crippen LogP) is 22.8. The van der Waals surface area contributed by atoms with E-state index in [9.17, 15) is 14.4 Å². The minimum Gasteiger partial charge on any atom is -0.462 e. The van der Waals surface area contributed by atoms with Crippen LogP contribution in [0.5, 0.6) is 0 Å². The highest BCUT2D eigenvalue weighted by Crippen LogP contribution is 2.19. The van der Waals surface area contributed by atoms with Crippen molar-refractivity contribution >= 4 is 17.9 Å². The lowest BCUT2D eigenvalue weighted by Crippen LogP contribution is -2.30. The molecule has 1 unspecified atom stereocenters. The maximum absolute atomic E-state index is 12.9. The molecule has 0 fully saturated rings. The quantitative estimate of drug-likeness (QED) is 0.0261. The zero-order valence-corrected chi connectivity index (χ0v) is 50.4. The van der Waals surface area contributed by atoms with Gasteiger partial charge in [-0.2, -0.15) is 0 Å². The molecule has 0 aliphatic heterocycles. The molecule has 0 aliphatic carbocycles. The van der Waals surface area contributed by atoms with E-state index in [1.165, 1.54) is 283 Å². The standard InChI is InChI=1S/C68H130O6/c1-4-7-10-13-16-19-22-25-27-29-30-31-32-33-34-35-36-37-38-40-41-43-46-49-52-55-58-61-67(70)73-64-65(63-72-66(69)60-57-54-51-48-45-24-21-18-15-12-9-6-3)74-68(71)62-59-56-53-50-47-44-42-39-28-26-23-20-17-14-11-8-5-2/h18,21,65H,4-17,19-20,22-64H2,1-3H3/b21-18-. The molecule has 0 N–H and O–H groups in total. The number of rotatable bonds is 63. The number of hydrogen-bond acceptors (Lipinski definition) is 6. The van der Waals surface area contributed by atoms with Gasteiger partial charge in [0.1, 0.15) is 13.2 Å². The monoisotopic (exact) mass is 1040 g/mol. The maximum atomic E-state index is 12.9. The van der Waals surface area contributed by atoms with Crippen molar-refractivity contribution in [3.05, 3.63) is 12.2 Å². The Morgan fingerprint density at radius 3 is 0.703 bits per heavy atom. The van der Waals surface area contributed by atoms with Crippen LogP contribution in [0.1, 0.15) is 387 Å². The van der Waals surface area contributed by atoms with Gasteiger partial charge in [-0.25, -0.2) is 0 Å². The van der Waals surface area contributed by atoms with Gasteiger partial charge in [-0.1, -0.05) is 335 Å². The second-order valence-electron chi connectivity index (χ2n) is 23.1. The molecule has 0 heterocycles. The number of carbonyl (C=O) groups excluding carboxylic acids is 3. The third-order valence-corrected chi connectivity index (χ3v) is 15.5. The van der Waals surface area contributed by atoms with E-state index in [1.54, 1.807) is 0 Å². The summed E-state index contributed by atoms with van der Waals surface area (Å²) in [5.41, 5.74) is 0. The van der Waals surface area contributed by atoms with Gasteiger partial charge in [-0.15, -0.1) is 0 Å². The highest BCUT2D eigenvalue weighted by molar-refractivity contribution is 5.71. The lowest BCUT2D eigenvalue weighted by molar-refractivity contribution is -0.167. The van der Waals surface area contributed by atoms with Crippen LogP contribution in [0.3, 0.4) is 0 Å². The first-order chi connectivity index (χ1) is 36.5. The van der Waals surface area contributed by atoms with Crippen LogP contribution in [0.2, 0.25) is 0 Å². The molecular formula is C68H130O6. The molecule has 0 saturated heterocycles. The fourth-order valence-electron chi connectivity index (χ4n) is 10.4. The van der Waals surface area contributed by atoms with Gasteiger partial charge in [0.05, 0.1) is 0 Å². The first-order valence-corrected chi connectivity index (χ1v) is 33.7. The van der Waals surface area contributed by atoms with Crippen molar-refractivity contribution in [2.24, 2.45) is 0 Å². The smallest absolute Gasteiger partial charge is 0.306 e. The Kier molecular flexibility index (Phi) is 62.1. The third-order valence-electron chi connectivity index (χ3n) is 15.5. The highest BCUT2D eigenvalue weighted by Gasteiger charge is 2.19. The van der Waals surface area contributed by atoms with Crippen LogP contribution >= 0.6 is 0 Å². The molecule has 0 bridgehead atoms. The molecule has 1 atom stereocenters. The number of allylic oxidation sites excluding steroid dienone is 2.